The van der Waals surface area contributed by atoms with Crippen molar-refractivity contribution < 1.29 is 14.6 Å². The quantitative estimate of drug-likeness (QED) is 0.929. The number of aliphatic hydroxyl groups excluding tert-OH is 1. The number of likely N-dealkylation sites (tertiary alicyclic amines) is 1. The number of carbonyl (C=O) groups excluding carboxylic acids is 1. The van der Waals surface area contributed by atoms with Gasteiger partial charge in [0.05, 0.1) is 11.1 Å². The second-order valence-electron chi connectivity index (χ2n) is 5.45. The summed E-state index contributed by atoms with van der Waals surface area (Å²) in [5.41, 5.74) is 0.728. The van der Waals surface area contributed by atoms with Gasteiger partial charge in [0.2, 0.25) is 0 Å². The van der Waals surface area contributed by atoms with E-state index in [9.17, 15) is 9.90 Å². The predicted octanol–water partition coefficient (Wildman–Crippen LogP) is 3.17. The van der Waals surface area contributed by atoms with Crippen LogP contribution in [0.25, 0.3) is 0 Å². The average molecular weight is 312 g/mol. The molecular weight excluding hydrogens is 290 g/mol. The molecule has 1 saturated heterocycles. The summed E-state index contributed by atoms with van der Waals surface area (Å²) in [5, 5.41) is 9.91. The van der Waals surface area contributed by atoms with Gasteiger partial charge < -0.3 is 14.7 Å². The topological polar surface area (TPSA) is 49.8 Å². The Hall–Kier alpha value is -1.26. The van der Waals surface area contributed by atoms with Gasteiger partial charge in [-0.15, -0.1) is 0 Å². The molecule has 116 valence electrons. The zero-order chi connectivity index (χ0) is 15.2. The minimum absolute atomic E-state index is 0.00701. The van der Waals surface area contributed by atoms with Crippen molar-refractivity contribution in [3.8, 4) is 5.75 Å². The highest BCUT2D eigenvalue weighted by Crippen LogP contribution is 2.28. The maximum absolute atomic E-state index is 12.1. The molecule has 1 aliphatic heterocycles. The molecule has 21 heavy (non-hydrogen) atoms. The standard InChI is InChI=1S/C16H22ClNO3/c1-12(19)13-6-7-15(14(17)10-13)21-11-16(20)18-8-4-2-3-5-9-18/h6-7,10,12,19H,2-5,8-9,11H2,1H3. The zero-order valence-corrected chi connectivity index (χ0v) is 13.1. The Balaban J connectivity index is 1.91. The van der Waals surface area contributed by atoms with Crippen molar-refractivity contribution >= 4 is 17.5 Å². The number of aliphatic hydroxyl groups is 1. The lowest BCUT2D eigenvalue weighted by Gasteiger charge is -2.20. The normalized spacial score (nSPS) is 17.2. The summed E-state index contributed by atoms with van der Waals surface area (Å²) in [7, 11) is 0. The van der Waals surface area contributed by atoms with Crippen molar-refractivity contribution in [2.24, 2.45) is 0 Å². The highest BCUT2D eigenvalue weighted by Gasteiger charge is 2.16. The maximum Gasteiger partial charge on any atom is 0.260 e. The van der Waals surface area contributed by atoms with E-state index in [0.717, 1.165) is 31.5 Å². The molecule has 0 aliphatic carbocycles. The molecule has 1 atom stereocenters. The first kappa shape index (κ1) is 16.1. The number of carbonyl (C=O) groups is 1. The van der Waals surface area contributed by atoms with E-state index in [-0.39, 0.29) is 12.5 Å². The highest BCUT2D eigenvalue weighted by molar-refractivity contribution is 6.32. The molecule has 0 radical (unpaired) electrons. The van der Waals surface area contributed by atoms with Gasteiger partial charge in [0.1, 0.15) is 5.75 Å². The van der Waals surface area contributed by atoms with Crippen molar-refractivity contribution in [3.05, 3.63) is 28.8 Å². The highest BCUT2D eigenvalue weighted by atomic mass is 35.5. The van der Waals surface area contributed by atoms with Crippen LogP contribution in [0.15, 0.2) is 18.2 Å². The molecule has 1 aliphatic rings. The molecular formula is C16H22ClNO3. The van der Waals surface area contributed by atoms with Gasteiger partial charge in [0.15, 0.2) is 6.61 Å². The smallest absolute Gasteiger partial charge is 0.260 e. The van der Waals surface area contributed by atoms with Crippen LogP contribution in [0.2, 0.25) is 5.02 Å². The molecule has 5 heteroatoms. The van der Waals surface area contributed by atoms with Crippen molar-refractivity contribution in [1.82, 2.24) is 4.90 Å². The summed E-state index contributed by atoms with van der Waals surface area (Å²) in [6.45, 7) is 3.32. The number of hydrogen-bond acceptors (Lipinski definition) is 3. The van der Waals surface area contributed by atoms with Crippen LogP contribution in [0, 0.1) is 0 Å². The van der Waals surface area contributed by atoms with Crippen LogP contribution in [-0.2, 0) is 4.79 Å². The lowest BCUT2D eigenvalue weighted by atomic mass is 10.1. The predicted molar refractivity (Wildman–Crippen MR) is 82.6 cm³/mol. The first-order chi connectivity index (χ1) is 10.1. The van der Waals surface area contributed by atoms with Gasteiger partial charge in [0.25, 0.3) is 5.91 Å². The molecule has 1 aromatic carbocycles. The Kier molecular flexibility index (Phi) is 5.88. The van der Waals surface area contributed by atoms with Crippen LogP contribution in [0.1, 0.15) is 44.3 Å². The van der Waals surface area contributed by atoms with E-state index in [1.54, 1.807) is 25.1 Å². The van der Waals surface area contributed by atoms with E-state index in [0.29, 0.717) is 10.8 Å². The minimum Gasteiger partial charge on any atom is -0.482 e. The number of hydrogen-bond donors (Lipinski definition) is 1. The van der Waals surface area contributed by atoms with E-state index in [1.807, 2.05) is 4.90 Å². The van der Waals surface area contributed by atoms with E-state index in [2.05, 4.69) is 0 Å². The summed E-state index contributed by atoms with van der Waals surface area (Å²) in [4.78, 5) is 14.0. The Labute approximate surface area is 130 Å². The monoisotopic (exact) mass is 311 g/mol. The molecule has 1 heterocycles. The molecule has 0 bridgehead atoms. The van der Waals surface area contributed by atoms with Crippen LogP contribution in [0.4, 0.5) is 0 Å². The summed E-state index contributed by atoms with van der Waals surface area (Å²) in [6, 6.07) is 5.11. The Morgan fingerprint density at radius 1 is 1.33 bits per heavy atom. The molecule has 0 aromatic heterocycles. The van der Waals surface area contributed by atoms with Crippen LogP contribution < -0.4 is 4.74 Å². The van der Waals surface area contributed by atoms with Crippen molar-refractivity contribution in [2.45, 2.75) is 38.7 Å². The number of ether oxygens (including phenoxy) is 1. The zero-order valence-electron chi connectivity index (χ0n) is 12.3. The third-order valence-corrected chi connectivity index (χ3v) is 4.04. The number of nitrogens with zero attached hydrogens (tertiary/aromatic N) is 1. The van der Waals surface area contributed by atoms with Crippen LogP contribution in [0.5, 0.6) is 5.75 Å². The van der Waals surface area contributed by atoms with Crippen LogP contribution >= 0.6 is 11.6 Å². The van der Waals surface area contributed by atoms with Gasteiger partial charge in [-0.3, -0.25) is 4.79 Å². The molecule has 2 rings (SSSR count). The molecule has 0 spiro atoms. The summed E-state index contributed by atoms with van der Waals surface area (Å²) in [6.07, 6.45) is 3.94. The Morgan fingerprint density at radius 2 is 2.00 bits per heavy atom. The second-order valence-corrected chi connectivity index (χ2v) is 5.86. The molecule has 1 fully saturated rings. The number of amides is 1. The fourth-order valence-electron chi connectivity index (χ4n) is 2.44. The first-order valence-electron chi connectivity index (χ1n) is 7.46. The third-order valence-electron chi connectivity index (χ3n) is 3.75. The fraction of sp³-hybridized carbons (Fsp3) is 0.562. The third kappa shape index (κ3) is 4.61. The van der Waals surface area contributed by atoms with E-state index < -0.39 is 6.10 Å². The largest absolute Gasteiger partial charge is 0.482 e. The molecule has 1 aromatic rings. The van der Waals surface area contributed by atoms with Gasteiger partial charge in [-0.2, -0.15) is 0 Å². The lowest BCUT2D eigenvalue weighted by Crippen LogP contribution is -2.35. The summed E-state index contributed by atoms with van der Waals surface area (Å²) in [5.74, 6) is 0.483. The minimum atomic E-state index is -0.574. The molecule has 0 saturated carbocycles. The summed E-state index contributed by atoms with van der Waals surface area (Å²) >= 11 is 6.11. The lowest BCUT2D eigenvalue weighted by molar-refractivity contribution is -0.133. The van der Waals surface area contributed by atoms with Gasteiger partial charge in [-0.05, 0) is 37.5 Å². The van der Waals surface area contributed by atoms with Crippen molar-refractivity contribution in [1.29, 1.82) is 0 Å². The fourth-order valence-corrected chi connectivity index (χ4v) is 2.69. The number of halogens is 1. The molecule has 1 unspecified atom stereocenters. The van der Waals surface area contributed by atoms with E-state index in [4.69, 9.17) is 16.3 Å². The van der Waals surface area contributed by atoms with Gasteiger partial charge >= 0.3 is 0 Å². The maximum atomic E-state index is 12.1. The van der Waals surface area contributed by atoms with Crippen LogP contribution in [-0.4, -0.2) is 35.6 Å². The SMILES string of the molecule is CC(O)c1ccc(OCC(=O)N2CCCCCC2)c(Cl)c1. The van der Waals surface area contributed by atoms with Gasteiger partial charge in [0, 0.05) is 13.1 Å². The second kappa shape index (κ2) is 7.66. The average Bonchev–Trinajstić information content (AvgIpc) is 2.74. The van der Waals surface area contributed by atoms with Gasteiger partial charge in [-0.1, -0.05) is 30.5 Å². The first-order valence-corrected chi connectivity index (χ1v) is 7.84. The Morgan fingerprint density at radius 3 is 2.57 bits per heavy atom. The van der Waals surface area contributed by atoms with E-state index in [1.165, 1.54) is 12.8 Å². The number of benzene rings is 1. The van der Waals surface area contributed by atoms with Crippen molar-refractivity contribution in [3.63, 3.8) is 0 Å². The number of rotatable bonds is 4. The molecule has 4 nitrogen and oxygen atoms in total. The Bertz CT molecular complexity index is 482. The van der Waals surface area contributed by atoms with E-state index >= 15 is 0 Å². The van der Waals surface area contributed by atoms with Crippen molar-refractivity contribution in [2.75, 3.05) is 19.7 Å². The summed E-state index contributed by atoms with van der Waals surface area (Å²) < 4.78 is 5.52. The van der Waals surface area contributed by atoms with Gasteiger partial charge in [-0.25, -0.2) is 0 Å². The van der Waals surface area contributed by atoms with Crippen LogP contribution in [0.3, 0.4) is 0 Å². The molecule has 1 N–H and O–H groups in total. The molecule has 1 amide bonds.